The van der Waals surface area contributed by atoms with Gasteiger partial charge >= 0.3 is 0 Å². The maximum Gasteiger partial charge on any atom is 0.118 e. The third kappa shape index (κ3) is 5.58. The van der Waals surface area contributed by atoms with Gasteiger partial charge in [-0.05, 0) is 69.5 Å². The quantitative estimate of drug-likeness (QED) is 0.789. The SMILES string of the molecule is COc1ccc(CCN2CCC[C@@H](CN(C)Cc3cc(C)[nH]n3)C2)cc1. The van der Waals surface area contributed by atoms with Gasteiger partial charge in [-0.25, -0.2) is 0 Å². The van der Waals surface area contributed by atoms with E-state index in [2.05, 4.69) is 64.3 Å². The number of ether oxygens (including phenoxy) is 1. The second kappa shape index (κ2) is 9.19. The summed E-state index contributed by atoms with van der Waals surface area (Å²) in [6.07, 6.45) is 3.75. The lowest BCUT2D eigenvalue weighted by Gasteiger charge is -2.34. The Kier molecular flexibility index (Phi) is 6.69. The highest BCUT2D eigenvalue weighted by molar-refractivity contribution is 5.27. The number of hydrogen-bond donors (Lipinski definition) is 1. The van der Waals surface area contributed by atoms with Crippen LogP contribution < -0.4 is 4.74 Å². The van der Waals surface area contributed by atoms with E-state index in [0.29, 0.717) is 0 Å². The molecule has 1 aromatic carbocycles. The zero-order chi connectivity index (χ0) is 18.4. The van der Waals surface area contributed by atoms with Crippen LogP contribution in [0.5, 0.6) is 5.75 Å². The third-order valence-corrected chi connectivity index (χ3v) is 5.24. The lowest BCUT2D eigenvalue weighted by Crippen LogP contribution is -2.40. The molecular formula is C21H32N4O. The predicted octanol–water partition coefficient (Wildman–Crippen LogP) is 3.11. The number of nitrogens with one attached hydrogen (secondary N) is 1. The maximum absolute atomic E-state index is 5.24. The van der Waals surface area contributed by atoms with Gasteiger partial charge in [0.05, 0.1) is 12.8 Å². The van der Waals surface area contributed by atoms with Crippen LogP contribution in [0.25, 0.3) is 0 Å². The molecule has 2 aromatic rings. The van der Waals surface area contributed by atoms with E-state index in [-0.39, 0.29) is 0 Å². The van der Waals surface area contributed by atoms with E-state index in [0.717, 1.165) is 49.1 Å². The van der Waals surface area contributed by atoms with Crippen molar-refractivity contribution >= 4 is 0 Å². The topological polar surface area (TPSA) is 44.4 Å². The lowest BCUT2D eigenvalue weighted by atomic mass is 9.97. The van der Waals surface area contributed by atoms with Gasteiger partial charge in [0.2, 0.25) is 0 Å². The summed E-state index contributed by atoms with van der Waals surface area (Å²) in [7, 11) is 3.92. The highest BCUT2D eigenvalue weighted by Gasteiger charge is 2.21. The van der Waals surface area contributed by atoms with E-state index >= 15 is 0 Å². The van der Waals surface area contributed by atoms with Crippen molar-refractivity contribution in [3.8, 4) is 5.75 Å². The normalized spacial score (nSPS) is 18.4. The minimum absolute atomic E-state index is 0.754. The number of nitrogens with zero attached hydrogens (tertiary/aromatic N) is 3. The molecule has 5 nitrogen and oxygen atoms in total. The number of methoxy groups -OCH3 is 1. The fourth-order valence-corrected chi connectivity index (χ4v) is 3.92. The second-order valence-electron chi connectivity index (χ2n) is 7.65. The zero-order valence-corrected chi connectivity index (χ0v) is 16.4. The number of rotatable bonds is 8. The molecule has 0 unspecified atom stereocenters. The Balaban J connectivity index is 1.42. The summed E-state index contributed by atoms with van der Waals surface area (Å²) < 4.78 is 5.24. The van der Waals surface area contributed by atoms with E-state index in [1.807, 2.05) is 0 Å². The van der Waals surface area contributed by atoms with E-state index in [1.165, 1.54) is 31.5 Å². The molecule has 1 atom stereocenters. The Morgan fingerprint density at radius 1 is 1.31 bits per heavy atom. The van der Waals surface area contributed by atoms with Crippen molar-refractivity contribution < 1.29 is 4.74 Å². The Morgan fingerprint density at radius 3 is 2.81 bits per heavy atom. The second-order valence-corrected chi connectivity index (χ2v) is 7.65. The van der Waals surface area contributed by atoms with Gasteiger partial charge in [0.25, 0.3) is 0 Å². The number of piperidine rings is 1. The van der Waals surface area contributed by atoms with Gasteiger partial charge in [0, 0.05) is 31.9 Å². The fourth-order valence-electron chi connectivity index (χ4n) is 3.92. The van der Waals surface area contributed by atoms with Gasteiger partial charge in [-0.2, -0.15) is 5.10 Å². The van der Waals surface area contributed by atoms with Crippen molar-refractivity contribution in [1.29, 1.82) is 0 Å². The van der Waals surface area contributed by atoms with Crippen LogP contribution in [-0.2, 0) is 13.0 Å². The smallest absolute Gasteiger partial charge is 0.118 e. The van der Waals surface area contributed by atoms with Gasteiger partial charge < -0.3 is 14.5 Å². The number of hydrogen-bond acceptors (Lipinski definition) is 4. The van der Waals surface area contributed by atoms with E-state index in [4.69, 9.17) is 4.74 Å². The number of aromatic amines is 1. The molecule has 0 bridgehead atoms. The monoisotopic (exact) mass is 356 g/mol. The largest absolute Gasteiger partial charge is 0.497 e. The first-order valence-electron chi connectivity index (χ1n) is 9.67. The highest BCUT2D eigenvalue weighted by Crippen LogP contribution is 2.19. The Hall–Kier alpha value is -1.85. The van der Waals surface area contributed by atoms with Crippen LogP contribution in [0.3, 0.4) is 0 Å². The van der Waals surface area contributed by atoms with Crippen LogP contribution in [0, 0.1) is 12.8 Å². The molecule has 1 aliphatic rings. The molecular weight excluding hydrogens is 324 g/mol. The molecule has 1 N–H and O–H groups in total. The lowest BCUT2D eigenvalue weighted by molar-refractivity contribution is 0.142. The van der Waals surface area contributed by atoms with Crippen LogP contribution in [0.2, 0.25) is 0 Å². The van der Waals surface area contributed by atoms with E-state index < -0.39 is 0 Å². The first-order valence-corrected chi connectivity index (χ1v) is 9.67. The number of aromatic nitrogens is 2. The first-order chi connectivity index (χ1) is 12.6. The predicted molar refractivity (Wildman–Crippen MR) is 106 cm³/mol. The van der Waals surface area contributed by atoms with Crippen molar-refractivity contribution in [1.82, 2.24) is 20.0 Å². The van der Waals surface area contributed by atoms with Gasteiger partial charge in [-0.3, -0.25) is 5.10 Å². The molecule has 26 heavy (non-hydrogen) atoms. The molecule has 0 radical (unpaired) electrons. The molecule has 3 rings (SSSR count). The molecule has 0 aliphatic carbocycles. The molecule has 1 aliphatic heterocycles. The summed E-state index contributed by atoms with van der Waals surface area (Å²) in [5.41, 5.74) is 3.66. The molecule has 2 heterocycles. The Labute approximate surface area is 157 Å². The first kappa shape index (κ1) is 18.9. The van der Waals surface area contributed by atoms with Crippen molar-refractivity contribution in [3.63, 3.8) is 0 Å². The summed E-state index contributed by atoms with van der Waals surface area (Å²) in [4.78, 5) is 5.04. The molecule has 0 amide bonds. The number of benzene rings is 1. The van der Waals surface area contributed by atoms with Crippen molar-refractivity contribution in [2.75, 3.05) is 40.3 Å². The van der Waals surface area contributed by atoms with Crippen LogP contribution >= 0.6 is 0 Å². The number of H-pyrrole nitrogens is 1. The summed E-state index contributed by atoms with van der Waals surface area (Å²) in [6.45, 7) is 7.70. The standard InChI is InChI=1S/C21H32N4O/c1-17-13-20(23-22-17)16-24(2)14-19-5-4-11-25(15-19)12-10-18-6-8-21(26-3)9-7-18/h6-9,13,19H,4-5,10-12,14-16H2,1-3H3,(H,22,23)/t19-/m0/s1. The van der Waals surface area contributed by atoms with Crippen molar-refractivity contribution in [2.45, 2.75) is 32.7 Å². The van der Waals surface area contributed by atoms with E-state index in [1.54, 1.807) is 7.11 Å². The summed E-state index contributed by atoms with van der Waals surface area (Å²) in [5.74, 6) is 1.69. The minimum atomic E-state index is 0.754. The van der Waals surface area contributed by atoms with E-state index in [9.17, 15) is 0 Å². The van der Waals surface area contributed by atoms with Crippen molar-refractivity contribution in [3.05, 3.63) is 47.3 Å². The van der Waals surface area contributed by atoms with Crippen LogP contribution in [-0.4, -0.2) is 60.3 Å². The zero-order valence-electron chi connectivity index (χ0n) is 16.4. The summed E-state index contributed by atoms with van der Waals surface area (Å²) in [5, 5.41) is 7.38. The fraction of sp³-hybridized carbons (Fsp3) is 0.571. The molecule has 5 heteroatoms. The van der Waals surface area contributed by atoms with Gasteiger partial charge in [0.1, 0.15) is 5.75 Å². The molecule has 1 fully saturated rings. The molecule has 1 aromatic heterocycles. The Bertz CT molecular complexity index is 667. The summed E-state index contributed by atoms with van der Waals surface area (Å²) >= 11 is 0. The molecule has 1 saturated heterocycles. The molecule has 0 saturated carbocycles. The van der Waals surface area contributed by atoms with Crippen LogP contribution in [0.1, 0.15) is 29.8 Å². The Morgan fingerprint density at radius 2 is 2.12 bits per heavy atom. The number of aryl methyl sites for hydroxylation is 1. The molecule has 0 spiro atoms. The maximum atomic E-state index is 5.24. The van der Waals surface area contributed by atoms with Gasteiger partial charge in [0.15, 0.2) is 0 Å². The highest BCUT2D eigenvalue weighted by atomic mass is 16.5. The average Bonchev–Trinajstić information content (AvgIpc) is 3.05. The average molecular weight is 357 g/mol. The van der Waals surface area contributed by atoms with Gasteiger partial charge in [-0.1, -0.05) is 12.1 Å². The minimum Gasteiger partial charge on any atom is -0.497 e. The molecule has 142 valence electrons. The van der Waals surface area contributed by atoms with Crippen molar-refractivity contribution in [2.24, 2.45) is 5.92 Å². The summed E-state index contributed by atoms with van der Waals surface area (Å²) in [6, 6.07) is 10.6. The third-order valence-electron chi connectivity index (χ3n) is 5.24. The van der Waals surface area contributed by atoms with Gasteiger partial charge in [-0.15, -0.1) is 0 Å². The van der Waals surface area contributed by atoms with Crippen LogP contribution in [0.4, 0.5) is 0 Å². The number of likely N-dealkylation sites (tertiary alicyclic amines) is 1. The van der Waals surface area contributed by atoms with Crippen LogP contribution in [0.15, 0.2) is 30.3 Å².